The fourth-order valence-corrected chi connectivity index (χ4v) is 0.779. The monoisotopic (exact) mass is 424 g/mol. The van der Waals surface area contributed by atoms with Crippen LogP contribution in [-0.2, 0) is 19.6 Å². The average molecular weight is 424 g/mol. The van der Waals surface area contributed by atoms with E-state index in [1.54, 1.807) is 0 Å². The smallest absolute Gasteiger partial charge is 0.625 e. The zero-order valence-electron chi connectivity index (χ0n) is 12.4. The topological polar surface area (TPSA) is 80.7 Å². The van der Waals surface area contributed by atoms with Gasteiger partial charge in [0, 0.05) is 0 Å². The quantitative estimate of drug-likeness (QED) is 0.246. The first-order chi connectivity index (χ1) is 10.6. The minimum Gasteiger partial charge on any atom is -0.625 e. The van der Waals surface area contributed by atoms with Gasteiger partial charge in [-0.05, 0) is 6.92 Å². The summed E-state index contributed by atoms with van der Waals surface area (Å²) in [7, 11) is -3.66. The summed E-state index contributed by atoms with van der Waals surface area (Å²) in [5.41, 5.74) is 0. The first-order valence-electron chi connectivity index (χ1n) is 5.50. The zero-order chi connectivity index (χ0) is 19.9. The molecule has 0 bridgehead atoms. The van der Waals surface area contributed by atoms with E-state index < -0.39 is 47.1 Å². The number of alkyl halides is 9. The Kier molecular flexibility index (Phi) is 13.5. The summed E-state index contributed by atoms with van der Waals surface area (Å²) in [5.74, 6) is -12.4. The van der Waals surface area contributed by atoms with Crippen molar-refractivity contribution in [3.8, 4) is 0 Å². The summed E-state index contributed by atoms with van der Waals surface area (Å²) in [6, 6.07) is 0. The molecule has 0 amide bonds. The molecule has 5 nitrogen and oxygen atoms in total. The van der Waals surface area contributed by atoms with E-state index in [1.165, 1.54) is 6.92 Å². The molecule has 3 unspecified atom stereocenters. The van der Waals surface area contributed by atoms with Crippen molar-refractivity contribution in [3.05, 3.63) is 0 Å². The molecule has 0 aliphatic heterocycles. The summed E-state index contributed by atoms with van der Waals surface area (Å²) in [4.78, 5) is 9.35. The van der Waals surface area contributed by atoms with Gasteiger partial charge in [0.2, 0.25) is 6.17 Å². The van der Waals surface area contributed by atoms with Gasteiger partial charge in [-0.2, -0.15) is 30.4 Å². The number of carbonyl (C=O) groups excluding carboxylic acids is 1. The third-order valence-electron chi connectivity index (χ3n) is 2.11. The molecule has 0 heterocycles. The van der Waals surface area contributed by atoms with Crippen molar-refractivity contribution in [1.82, 2.24) is 0 Å². The Bertz CT molecular complexity index is 490. The van der Waals surface area contributed by atoms with Gasteiger partial charge in [-0.25, -0.2) is 17.6 Å². The van der Waals surface area contributed by atoms with Crippen LogP contribution in [0.2, 0.25) is 0 Å². The van der Waals surface area contributed by atoms with Crippen LogP contribution in [0.25, 0.3) is 0 Å². The molecule has 0 aliphatic rings. The van der Waals surface area contributed by atoms with E-state index in [1.807, 2.05) is 0 Å². The molecule has 0 spiro atoms. The van der Waals surface area contributed by atoms with Crippen LogP contribution in [0.15, 0.2) is 0 Å². The molecule has 25 heavy (non-hydrogen) atoms. The van der Waals surface area contributed by atoms with Crippen molar-refractivity contribution in [2.45, 2.75) is 43.9 Å². The summed E-state index contributed by atoms with van der Waals surface area (Å²) >= 11 is 0. The van der Waals surface area contributed by atoms with Crippen LogP contribution >= 0.6 is 0 Å². The van der Waals surface area contributed by atoms with Crippen LogP contribution in [0.5, 0.6) is 0 Å². The largest absolute Gasteiger partial charge is 1.00 e. The minimum atomic E-state index is -6.15. The van der Waals surface area contributed by atoms with Gasteiger partial charge in [0.15, 0.2) is 6.17 Å². The zero-order valence-corrected chi connectivity index (χ0v) is 15.2. The number of ether oxygens (including phenoxy) is 1. The summed E-state index contributed by atoms with van der Waals surface area (Å²) in [5, 5.41) is 0. The Morgan fingerprint density at radius 3 is 1.64 bits per heavy atom. The molecule has 1 N–H and O–H groups in total. The fourth-order valence-electron chi connectivity index (χ4n) is 0.779. The first kappa shape index (κ1) is 29.5. The number of hydrogen-bond acceptors (Lipinski definition) is 4. The van der Waals surface area contributed by atoms with E-state index >= 15 is 0 Å². The van der Waals surface area contributed by atoms with E-state index in [0.29, 0.717) is 0 Å². The Morgan fingerprint density at radius 1 is 1.04 bits per heavy atom. The van der Waals surface area contributed by atoms with Crippen LogP contribution in [0, 0.1) is 0 Å². The minimum absolute atomic E-state index is 0. The fraction of sp³-hybridized carbons (Fsp3) is 0.889. The van der Waals surface area contributed by atoms with Crippen LogP contribution in [0.3, 0.4) is 0 Å². The van der Waals surface area contributed by atoms with Crippen molar-refractivity contribution in [3.63, 3.8) is 0 Å². The van der Waals surface area contributed by atoms with Crippen molar-refractivity contribution in [2.24, 2.45) is 0 Å². The van der Waals surface area contributed by atoms with Gasteiger partial charge in [0.25, 0.3) is 22.9 Å². The Balaban J connectivity index is -0.000000592. The Morgan fingerprint density at radius 2 is 1.40 bits per heavy atom. The molecule has 0 aromatic heterocycles. The van der Waals surface area contributed by atoms with Crippen LogP contribution < -0.4 is 29.6 Å². The number of rotatable bonds is 8. The maximum atomic E-state index is 12.6. The van der Waals surface area contributed by atoms with Crippen LogP contribution in [0.1, 0.15) is 6.92 Å². The van der Waals surface area contributed by atoms with Gasteiger partial charge in [-0.1, -0.05) is 6.47 Å². The maximum Gasteiger partial charge on any atom is 1.00 e. The van der Waals surface area contributed by atoms with Gasteiger partial charge >= 0.3 is 41.4 Å². The second-order valence-electron chi connectivity index (χ2n) is 3.81. The van der Waals surface area contributed by atoms with E-state index in [9.17, 15) is 52.7 Å². The molecule has 0 aromatic rings. The predicted octanol–water partition coefficient (Wildman–Crippen LogP) is -0.524. The van der Waals surface area contributed by atoms with Gasteiger partial charge in [-0.3, -0.25) is 4.55 Å². The van der Waals surface area contributed by atoms with Gasteiger partial charge in [0.05, 0.1) is 5.75 Å². The van der Waals surface area contributed by atoms with Crippen molar-refractivity contribution in [2.75, 3.05) is 5.75 Å². The van der Waals surface area contributed by atoms with E-state index in [2.05, 4.69) is 4.74 Å². The van der Waals surface area contributed by atoms with Gasteiger partial charge in [-0.15, -0.1) is 0 Å². The van der Waals surface area contributed by atoms with Crippen molar-refractivity contribution in [1.29, 1.82) is 0 Å². The Labute approximate surface area is 157 Å². The van der Waals surface area contributed by atoms with Crippen LogP contribution in [-0.4, -0.2) is 62.2 Å². The summed E-state index contributed by atoms with van der Waals surface area (Å²) < 4.78 is 140. The normalized spacial score (nSPS) is 16.0. The Hall–Kier alpha value is -0.250. The predicted molar refractivity (Wildman–Crippen MR) is 59.5 cm³/mol. The van der Waals surface area contributed by atoms with Gasteiger partial charge in [0.1, 0.15) is 0 Å². The molecule has 146 valence electrons. The van der Waals surface area contributed by atoms with E-state index in [-0.39, 0.29) is 41.8 Å². The number of halogens is 9. The van der Waals surface area contributed by atoms with Crippen molar-refractivity contribution >= 4 is 16.6 Å². The second-order valence-corrected chi connectivity index (χ2v) is 5.56. The molecule has 0 saturated carbocycles. The molecule has 0 fully saturated rings. The van der Waals surface area contributed by atoms with E-state index in [4.69, 9.17) is 4.55 Å². The molecule has 0 aliphatic carbocycles. The molecular formula is C9H10F9NaO5S. The average Bonchev–Trinajstić information content (AvgIpc) is 2.45. The molecule has 0 rings (SSSR count). The van der Waals surface area contributed by atoms with Crippen LogP contribution in [0.4, 0.5) is 39.5 Å². The van der Waals surface area contributed by atoms with E-state index in [0.717, 1.165) is 0 Å². The molecule has 16 heteroatoms. The number of hydrogen-bond donors (Lipinski definition) is 1. The molecule has 0 radical (unpaired) electrons. The molecular weight excluding hydrogens is 414 g/mol. The van der Waals surface area contributed by atoms with Gasteiger partial charge < -0.3 is 9.53 Å². The summed E-state index contributed by atoms with van der Waals surface area (Å²) in [6.07, 6.45) is -17.6. The third kappa shape index (κ3) is 9.30. The molecule has 3 atom stereocenters. The SMILES string of the molecule is CCS(=O)(=O)O.O=[C-]OC(F)C(F)(F)C(F)(F)C(F)C(F)C(F)F.[Na+]. The van der Waals surface area contributed by atoms with Crippen molar-refractivity contribution < 1.29 is 91.6 Å². The summed E-state index contributed by atoms with van der Waals surface area (Å²) in [6.45, 7) is 1.40. The molecule has 0 saturated heterocycles. The second kappa shape index (κ2) is 11.5. The maximum absolute atomic E-state index is 12.6. The standard InChI is InChI=1S/C7H4F9O2.C2H6O3S.Na/c8-2(4(10)11)3(9)6(13,14)7(15,16)5(12)18-1-17;1-2-6(3,4)5;/h2-5H;2H2,1H3,(H,3,4,5);/q-1;;+1. The first-order valence-corrected chi connectivity index (χ1v) is 7.11. The third-order valence-corrected chi connectivity index (χ3v) is 2.84. The molecule has 0 aromatic carbocycles.